The number of nitro benzene ring substituents is 1. The van der Waals surface area contributed by atoms with Crippen LogP contribution < -0.4 is 5.73 Å². The van der Waals surface area contributed by atoms with Gasteiger partial charge in [0.25, 0.3) is 5.69 Å². The zero-order valence-electron chi connectivity index (χ0n) is 10.7. The first-order chi connectivity index (χ1) is 9.36. The Kier molecular flexibility index (Phi) is 5.51. The number of nitro groups is 1. The number of aliphatic carboxylic acids is 1. The summed E-state index contributed by atoms with van der Waals surface area (Å²) in [6, 6.07) is 3.94. The van der Waals surface area contributed by atoms with Gasteiger partial charge >= 0.3 is 5.97 Å². The summed E-state index contributed by atoms with van der Waals surface area (Å²) in [5.74, 6) is -1.52. The lowest BCUT2D eigenvalue weighted by Gasteiger charge is -2.09. The number of nitrogens with zero attached hydrogens (tertiary/aromatic N) is 1. The van der Waals surface area contributed by atoms with Crippen molar-refractivity contribution in [2.75, 3.05) is 0 Å². The summed E-state index contributed by atoms with van der Waals surface area (Å²) in [4.78, 5) is 32.3. The smallest absolute Gasteiger partial charge is 0.316 e. The monoisotopic (exact) mass is 298 g/mol. The van der Waals surface area contributed by atoms with Gasteiger partial charge in [0, 0.05) is 22.9 Å². The molecule has 20 heavy (non-hydrogen) atoms. The Hall–Kier alpha value is -2.09. The Morgan fingerprint density at radius 1 is 1.50 bits per heavy atom. The standard InChI is InChI=1S/C12H14N2O5S/c1-2-10(12(16)17)20-6-8-4-3-7(11(13)15)5-9(8)14(18)19/h3-5,10H,2,6H2,1H3,(H2,13,15)(H,16,17). The van der Waals surface area contributed by atoms with Gasteiger partial charge in [0.15, 0.2) is 0 Å². The Bertz CT molecular complexity index is 547. The van der Waals surface area contributed by atoms with Crippen molar-refractivity contribution in [3.8, 4) is 0 Å². The maximum atomic E-state index is 11.0. The van der Waals surface area contributed by atoms with Gasteiger partial charge in [0.2, 0.25) is 5.91 Å². The summed E-state index contributed by atoms with van der Waals surface area (Å²) >= 11 is 1.11. The maximum absolute atomic E-state index is 11.0. The lowest BCUT2D eigenvalue weighted by Crippen LogP contribution is -2.15. The van der Waals surface area contributed by atoms with Crippen molar-refractivity contribution < 1.29 is 19.6 Å². The number of hydrogen-bond donors (Lipinski definition) is 2. The largest absolute Gasteiger partial charge is 0.480 e. The number of carbonyl (C=O) groups is 2. The lowest BCUT2D eigenvalue weighted by molar-refractivity contribution is -0.385. The van der Waals surface area contributed by atoms with Crippen LogP contribution in [0.25, 0.3) is 0 Å². The van der Waals surface area contributed by atoms with Crippen molar-refractivity contribution >= 4 is 29.3 Å². The van der Waals surface area contributed by atoms with Crippen molar-refractivity contribution in [2.45, 2.75) is 24.3 Å². The number of rotatable bonds is 7. The van der Waals surface area contributed by atoms with Crippen molar-refractivity contribution in [1.29, 1.82) is 0 Å². The molecule has 0 aliphatic carbocycles. The van der Waals surface area contributed by atoms with Crippen LogP contribution in [0.3, 0.4) is 0 Å². The molecular formula is C12H14N2O5S. The van der Waals surface area contributed by atoms with E-state index in [0.29, 0.717) is 12.0 Å². The third kappa shape index (κ3) is 3.95. The van der Waals surface area contributed by atoms with Gasteiger partial charge in [0.05, 0.1) is 4.92 Å². The van der Waals surface area contributed by atoms with Gasteiger partial charge in [-0.25, -0.2) is 0 Å². The van der Waals surface area contributed by atoms with Gasteiger partial charge in [-0.05, 0) is 12.5 Å². The second-order valence-electron chi connectivity index (χ2n) is 4.01. The minimum absolute atomic E-state index is 0.0516. The quantitative estimate of drug-likeness (QED) is 0.584. The van der Waals surface area contributed by atoms with Crippen LogP contribution in [0.2, 0.25) is 0 Å². The fourth-order valence-electron chi connectivity index (χ4n) is 1.56. The van der Waals surface area contributed by atoms with Crippen LogP contribution >= 0.6 is 11.8 Å². The molecule has 8 heteroatoms. The first kappa shape index (κ1) is 16.0. The van der Waals surface area contributed by atoms with Crippen LogP contribution in [0, 0.1) is 10.1 Å². The van der Waals surface area contributed by atoms with E-state index in [9.17, 15) is 19.7 Å². The number of nitrogens with two attached hydrogens (primary N) is 1. The van der Waals surface area contributed by atoms with Crippen LogP contribution in [0.5, 0.6) is 0 Å². The molecular weight excluding hydrogens is 284 g/mol. The maximum Gasteiger partial charge on any atom is 0.316 e. The van der Waals surface area contributed by atoms with Crippen molar-refractivity contribution in [3.05, 3.63) is 39.4 Å². The molecule has 0 bridgehead atoms. The fraction of sp³-hybridized carbons (Fsp3) is 0.333. The molecule has 1 aromatic rings. The summed E-state index contributed by atoms with van der Waals surface area (Å²) < 4.78 is 0. The van der Waals surface area contributed by atoms with Gasteiger partial charge in [-0.2, -0.15) is 0 Å². The summed E-state index contributed by atoms with van der Waals surface area (Å²) in [6.45, 7) is 1.73. The predicted molar refractivity (Wildman–Crippen MR) is 74.6 cm³/mol. The number of carbonyl (C=O) groups excluding carboxylic acids is 1. The molecule has 7 nitrogen and oxygen atoms in total. The highest BCUT2D eigenvalue weighted by Crippen LogP contribution is 2.27. The van der Waals surface area contributed by atoms with E-state index in [1.165, 1.54) is 12.1 Å². The third-order valence-corrected chi connectivity index (χ3v) is 4.07. The third-order valence-electron chi connectivity index (χ3n) is 2.65. The minimum atomic E-state index is -0.950. The van der Waals surface area contributed by atoms with Crippen LogP contribution in [0.15, 0.2) is 18.2 Å². The second-order valence-corrected chi connectivity index (χ2v) is 5.20. The van der Waals surface area contributed by atoms with Gasteiger partial charge in [-0.3, -0.25) is 19.7 Å². The number of carboxylic acid groups (broad SMARTS) is 1. The molecule has 0 fully saturated rings. The Morgan fingerprint density at radius 2 is 2.15 bits per heavy atom. The second kappa shape index (κ2) is 6.90. The number of amides is 1. The van der Waals surface area contributed by atoms with E-state index in [0.717, 1.165) is 17.8 Å². The minimum Gasteiger partial charge on any atom is -0.480 e. The average Bonchev–Trinajstić information content (AvgIpc) is 2.38. The van der Waals surface area contributed by atoms with E-state index in [1.54, 1.807) is 6.92 Å². The lowest BCUT2D eigenvalue weighted by atomic mass is 10.1. The summed E-state index contributed by atoms with van der Waals surface area (Å²) in [5, 5.41) is 19.3. The highest BCUT2D eigenvalue weighted by atomic mass is 32.2. The van der Waals surface area contributed by atoms with Gasteiger partial charge in [0.1, 0.15) is 5.25 Å². The Morgan fingerprint density at radius 3 is 2.60 bits per heavy atom. The van der Waals surface area contributed by atoms with Crippen LogP contribution in [-0.2, 0) is 10.5 Å². The molecule has 1 atom stereocenters. The Labute approximate surface area is 119 Å². The molecule has 0 aromatic heterocycles. The molecule has 0 saturated heterocycles. The summed E-state index contributed by atoms with van der Waals surface area (Å²) in [6.07, 6.45) is 0.424. The topological polar surface area (TPSA) is 124 Å². The van der Waals surface area contributed by atoms with E-state index >= 15 is 0 Å². The highest BCUT2D eigenvalue weighted by Gasteiger charge is 2.20. The molecule has 108 valence electrons. The molecule has 0 spiro atoms. The molecule has 1 unspecified atom stereocenters. The zero-order chi connectivity index (χ0) is 15.3. The van der Waals surface area contributed by atoms with Crippen molar-refractivity contribution in [3.63, 3.8) is 0 Å². The van der Waals surface area contributed by atoms with E-state index < -0.39 is 22.0 Å². The van der Waals surface area contributed by atoms with E-state index in [1.807, 2.05) is 0 Å². The molecule has 1 amide bonds. The number of benzene rings is 1. The normalized spacial score (nSPS) is 11.8. The molecule has 0 aliphatic heterocycles. The Balaban J connectivity index is 2.97. The van der Waals surface area contributed by atoms with Crippen molar-refractivity contribution in [1.82, 2.24) is 0 Å². The van der Waals surface area contributed by atoms with Gasteiger partial charge in [-0.1, -0.05) is 13.0 Å². The molecule has 0 radical (unpaired) electrons. The molecule has 0 saturated carbocycles. The average molecular weight is 298 g/mol. The first-order valence-electron chi connectivity index (χ1n) is 5.78. The number of hydrogen-bond acceptors (Lipinski definition) is 5. The molecule has 3 N–H and O–H groups in total. The van der Waals surface area contributed by atoms with E-state index in [4.69, 9.17) is 10.8 Å². The van der Waals surface area contributed by atoms with Crippen LogP contribution in [-0.4, -0.2) is 27.2 Å². The fourth-order valence-corrected chi connectivity index (χ4v) is 2.57. The molecule has 0 heterocycles. The number of carboxylic acids is 1. The highest BCUT2D eigenvalue weighted by molar-refractivity contribution is 7.99. The van der Waals surface area contributed by atoms with Gasteiger partial charge < -0.3 is 10.8 Å². The number of primary amides is 1. The predicted octanol–water partition coefficient (Wildman–Crippen LogP) is 1.79. The summed E-state index contributed by atoms with van der Waals surface area (Å²) in [5.41, 5.74) is 5.26. The van der Waals surface area contributed by atoms with Gasteiger partial charge in [-0.15, -0.1) is 11.8 Å². The molecule has 0 aliphatic rings. The summed E-state index contributed by atoms with van der Waals surface area (Å²) in [7, 11) is 0. The van der Waals surface area contributed by atoms with Crippen LogP contribution in [0.4, 0.5) is 5.69 Å². The zero-order valence-corrected chi connectivity index (χ0v) is 11.6. The van der Waals surface area contributed by atoms with Crippen LogP contribution in [0.1, 0.15) is 29.3 Å². The molecule has 1 rings (SSSR count). The molecule has 1 aromatic carbocycles. The SMILES string of the molecule is CCC(SCc1ccc(C(N)=O)cc1[N+](=O)[O-])C(=O)O. The van der Waals surface area contributed by atoms with Crippen molar-refractivity contribution in [2.24, 2.45) is 5.73 Å². The van der Waals surface area contributed by atoms with E-state index in [-0.39, 0.29) is 17.0 Å². The number of thioether (sulfide) groups is 1. The first-order valence-corrected chi connectivity index (χ1v) is 6.83. The van der Waals surface area contributed by atoms with E-state index in [2.05, 4.69) is 0 Å².